The fourth-order valence-corrected chi connectivity index (χ4v) is 1.61. The van der Waals surface area contributed by atoms with Crippen LogP contribution in [0.3, 0.4) is 0 Å². The van der Waals surface area contributed by atoms with Crippen LogP contribution in [-0.2, 0) is 0 Å². The summed E-state index contributed by atoms with van der Waals surface area (Å²) in [5.41, 5.74) is 1.40. The summed E-state index contributed by atoms with van der Waals surface area (Å²) in [6.45, 7) is 6.06. The zero-order valence-corrected chi connectivity index (χ0v) is 11.1. The van der Waals surface area contributed by atoms with Crippen LogP contribution in [-0.4, -0.2) is 26.7 Å². The van der Waals surface area contributed by atoms with Crippen molar-refractivity contribution in [3.05, 3.63) is 35.9 Å². The molecule has 0 heterocycles. The molecule has 1 aromatic rings. The van der Waals surface area contributed by atoms with Gasteiger partial charge in [-0.15, -0.1) is 6.58 Å². The number of rotatable bonds is 6. The minimum Gasteiger partial charge on any atom is -0.496 e. The second kappa shape index (κ2) is 6.69. The quantitative estimate of drug-likeness (QED) is 0.621. The normalized spacial score (nSPS) is 9.72. The average molecular weight is 249 g/mol. The second-order valence-electron chi connectivity index (χ2n) is 3.84. The van der Waals surface area contributed by atoms with Crippen LogP contribution in [0.25, 0.3) is 0 Å². The molecule has 0 atom stereocenters. The van der Waals surface area contributed by atoms with Gasteiger partial charge in [-0.2, -0.15) is 0 Å². The summed E-state index contributed by atoms with van der Waals surface area (Å²) >= 11 is 0. The van der Waals surface area contributed by atoms with Crippen LogP contribution in [0, 0.1) is 6.92 Å². The molecule has 0 radical (unpaired) electrons. The van der Waals surface area contributed by atoms with Crippen LogP contribution in [0.15, 0.2) is 24.8 Å². The van der Waals surface area contributed by atoms with Crippen molar-refractivity contribution in [2.24, 2.45) is 0 Å². The number of carbonyl (C=O) groups excluding carboxylic acids is 1. The molecule has 0 saturated heterocycles. The topological polar surface area (TPSA) is 47.6 Å². The van der Waals surface area contributed by atoms with Gasteiger partial charge < -0.3 is 14.8 Å². The molecule has 0 aliphatic carbocycles. The molecule has 0 fully saturated rings. The van der Waals surface area contributed by atoms with E-state index < -0.39 is 0 Å². The molecule has 1 amide bonds. The van der Waals surface area contributed by atoms with E-state index in [0.29, 0.717) is 23.6 Å². The fourth-order valence-electron chi connectivity index (χ4n) is 1.61. The molecule has 0 aromatic heterocycles. The van der Waals surface area contributed by atoms with E-state index in [1.807, 2.05) is 6.92 Å². The molecule has 4 nitrogen and oxygen atoms in total. The number of ether oxygens (including phenoxy) is 2. The van der Waals surface area contributed by atoms with Crippen molar-refractivity contribution in [2.45, 2.75) is 13.3 Å². The largest absolute Gasteiger partial charge is 0.496 e. The maximum absolute atomic E-state index is 11.9. The minimum atomic E-state index is -0.145. The summed E-state index contributed by atoms with van der Waals surface area (Å²) < 4.78 is 10.5. The summed E-state index contributed by atoms with van der Waals surface area (Å²) in [6.07, 6.45) is 2.50. The third kappa shape index (κ3) is 3.26. The Morgan fingerprint density at radius 1 is 1.33 bits per heavy atom. The molecule has 98 valence electrons. The first kappa shape index (κ1) is 14.1. The van der Waals surface area contributed by atoms with Gasteiger partial charge in [0.15, 0.2) is 0 Å². The summed E-state index contributed by atoms with van der Waals surface area (Å²) in [7, 11) is 3.14. The third-order valence-electron chi connectivity index (χ3n) is 2.65. The molecule has 0 spiro atoms. The van der Waals surface area contributed by atoms with Gasteiger partial charge in [-0.25, -0.2) is 0 Å². The Labute approximate surface area is 108 Å². The van der Waals surface area contributed by atoms with Crippen LogP contribution >= 0.6 is 0 Å². The summed E-state index contributed by atoms with van der Waals surface area (Å²) in [5.74, 6) is 1.14. The van der Waals surface area contributed by atoms with E-state index in [2.05, 4.69) is 11.9 Å². The van der Waals surface area contributed by atoms with E-state index in [1.165, 1.54) is 0 Å². The third-order valence-corrected chi connectivity index (χ3v) is 2.65. The molecule has 0 aliphatic heterocycles. The first-order chi connectivity index (χ1) is 8.63. The van der Waals surface area contributed by atoms with Gasteiger partial charge in [-0.3, -0.25) is 4.79 Å². The molecule has 18 heavy (non-hydrogen) atoms. The van der Waals surface area contributed by atoms with E-state index in [9.17, 15) is 4.79 Å². The molecule has 0 bridgehead atoms. The predicted molar refractivity (Wildman–Crippen MR) is 71.4 cm³/mol. The number of carbonyl (C=O) groups is 1. The predicted octanol–water partition coefficient (Wildman–Crippen LogP) is 2.32. The van der Waals surface area contributed by atoms with E-state index >= 15 is 0 Å². The van der Waals surface area contributed by atoms with E-state index in [4.69, 9.17) is 9.47 Å². The van der Waals surface area contributed by atoms with Crippen LogP contribution in [0.1, 0.15) is 22.3 Å². The Kier molecular flexibility index (Phi) is 5.24. The Balaban J connectivity index is 2.94. The highest BCUT2D eigenvalue weighted by molar-refractivity contribution is 5.95. The number of benzene rings is 1. The van der Waals surface area contributed by atoms with Gasteiger partial charge in [0.2, 0.25) is 0 Å². The molecule has 1 aromatic carbocycles. The van der Waals surface area contributed by atoms with Crippen molar-refractivity contribution in [2.75, 3.05) is 20.8 Å². The number of hydrogen-bond acceptors (Lipinski definition) is 3. The Bertz CT molecular complexity index is 416. The monoisotopic (exact) mass is 249 g/mol. The Morgan fingerprint density at radius 3 is 2.33 bits per heavy atom. The van der Waals surface area contributed by atoms with Gasteiger partial charge in [-0.05, 0) is 25.5 Å². The van der Waals surface area contributed by atoms with Crippen molar-refractivity contribution in [3.8, 4) is 11.5 Å². The molecule has 1 N–H and O–H groups in total. The lowest BCUT2D eigenvalue weighted by molar-refractivity contribution is 0.0953. The average Bonchev–Trinajstić information content (AvgIpc) is 2.39. The molecule has 0 aliphatic rings. The second-order valence-corrected chi connectivity index (χ2v) is 3.84. The number of hydrogen-bond donors (Lipinski definition) is 1. The number of nitrogens with one attached hydrogen (secondary N) is 1. The van der Waals surface area contributed by atoms with Crippen LogP contribution < -0.4 is 14.8 Å². The fraction of sp³-hybridized carbons (Fsp3) is 0.357. The first-order valence-corrected chi connectivity index (χ1v) is 5.75. The van der Waals surface area contributed by atoms with Gasteiger partial charge in [0.25, 0.3) is 5.91 Å². The van der Waals surface area contributed by atoms with E-state index in [1.54, 1.807) is 32.4 Å². The minimum absolute atomic E-state index is 0.145. The van der Waals surface area contributed by atoms with E-state index in [0.717, 1.165) is 12.0 Å². The smallest absolute Gasteiger partial charge is 0.251 e. The van der Waals surface area contributed by atoms with Crippen molar-refractivity contribution in [1.82, 2.24) is 5.32 Å². The highest BCUT2D eigenvalue weighted by Crippen LogP contribution is 2.29. The lowest BCUT2D eigenvalue weighted by Gasteiger charge is -2.12. The molecule has 1 rings (SSSR count). The highest BCUT2D eigenvalue weighted by atomic mass is 16.5. The van der Waals surface area contributed by atoms with Crippen molar-refractivity contribution in [3.63, 3.8) is 0 Å². The van der Waals surface area contributed by atoms with E-state index in [-0.39, 0.29) is 5.91 Å². The zero-order chi connectivity index (χ0) is 13.5. The SMILES string of the molecule is C=CCCNC(=O)c1cc(OC)c(C)c(OC)c1. The number of methoxy groups -OCH3 is 2. The highest BCUT2D eigenvalue weighted by Gasteiger charge is 2.12. The lowest BCUT2D eigenvalue weighted by Crippen LogP contribution is -2.24. The van der Waals surface area contributed by atoms with Gasteiger partial charge in [0.1, 0.15) is 11.5 Å². The van der Waals surface area contributed by atoms with Gasteiger partial charge in [0.05, 0.1) is 14.2 Å². The van der Waals surface area contributed by atoms with Crippen LogP contribution in [0.2, 0.25) is 0 Å². The molecule has 0 saturated carbocycles. The summed E-state index contributed by atoms with van der Waals surface area (Å²) in [4.78, 5) is 11.9. The van der Waals surface area contributed by atoms with Crippen LogP contribution in [0.5, 0.6) is 11.5 Å². The molecule has 0 unspecified atom stereocenters. The maximum Gasteiger partial charge on any atom is 0.251 e. The maximum atomic E-state index is 11.9. The summed E-state index contributed by atoms with van der Waals surface area (Å²) in [6, 6.07) is 3.42. The van der Waals surface area contributed by atoms with Crippen molar-refractivity contribution < 1.29 is 14.3 Å². The standard InChI is InChI=1S/C14H19NO3/c1-5-6-7-15-14(16)11-8-12(17-3)10(2)13(9-11)18-4/h5,8-9H,1,6-7H2,2-4H3,(H,15,16). The van der Waals surface area contributed by atoms with Crippen molar-refractivity contribution >= 4 is 5.91 Å². The van der Waals surface area contributed by atoms with Gasteiger partial charge >= 0.3 is 0 Å². The van der Waals surface area contributed by atoms with Gasteiger partial charge in [0, 0.05) is 17.7 Å². The Hall–Kier alpha value is -1.97. The number of amides is 1. The van der Waals surface area contributed by atoms with Crippen LogP contribution in [0.4, 0.5) is 0 Å². The molecular formula is C14H19NO3. The molecular weight excluding hydrogens is 230 g/mol. The molecule has 4 heteroatoms. The van der Waals surface area contributed by atoms with Crippen molar-refractivity contribution in [1.29, 1.82) is 0 Å². The summed E-state index contributed by atoms with van der Waals surface area (Å²) in [5, 5.41) is 2.80. The Morgan fingerprint density at radius 2 is 1.89 bits per heavy atom. The van der Waals surface area contributed by atoms with Gasteiger partial charge in [-0.1, -0.05) is 6.08 Å². The first-order valence-electron chi connectivity index (χ1n) is 5.75. The zero-order valence-electron chi connectivity index (χ0n) is 11.1. The lowest BCUT2D eigenvalue weighted by atomic mass is 10.1.